The summed E-state index contributed by atoms with van der Waals surface area (Å²) in [7, 11) is 0. The lowest BCUT2D eigenvalue weighted by atomic mass is 10.1. The van der Waals surface area contributed by atoms with Crippen LogP contribution in [0.3, 0.4) is 0 Å². The number of anilines is 2. The van der Waals surface area contributed by atoms with Gasteiger partial charge in [0.15, 0.2) is 5.11 Å². The molecule has 0 atom stereocenters. The Bertz CT molecular complexity index is 1190. The Morgan fingerprint density at radius 1 is 0.800 bits per heavy atom. The molecule has 180 valence electrons. The minimum absolute atomic E-state index is 0.0208. The Morgan fingerprint density at radius 2 is 1.37 bits per heavy atom. The number of halogens is 2. The van der Waals surface area contributed by atoms with Gasteiger partial charge in [0.25, 0.3) is 5.91 Å². The number of amides is 2. The van der Waals surface area contributed by atoms with Crippen molar-refractivity contribution in [3.05, 3.63) is 94.0 Å². The predicted molar refractivity (Wildman–Crippen MR) is 146 cm³/mol. The first kappa shape index (κ1) is 25.0. The zero-order chi connectivity index (χ0) is 24.8. The number of nitrogens with zero attached hydrogens (tertiary/aromatic N) is 2. The molecule has 4 rings (SSSR count). The molecule has 35 heavy (non-hydrogen) atoms. The molecule has 1 aliphatic heterocycles. The topological polar surface area (TPSA) is 64.7 Å². The molecule has 1 aliphatic rings. The van der Waals surface area contributed by atoms with E-state index in [-0.39, 0.29) is 23.3 Å². The van der Waals surface area contributed by atoms with Crippen molar-refractivity contribution in [2.24, 2.45) is 0 Å². The summed E-state index contributed by atoms with van der Waals surface area (Å²) in [6.45, 7) is 2.77. The molecule has 1 fully saturated rings. The summed E-state index contributed by atoms with van der Waals surface area (Å²) >= 11 is 17.1. The van der Waals surface area contributed by atoms with Gasteiger partial charge in [-0.25, -0.2) is 0 Å². The van der Waals surface area contributed by atoms with Crippen LogP contribution in [0.1, 0.15) is 15.9 Å². The average molecular weight is 527 g/mol. The average Bonchev–Trinajstić information content (AvgIpc) is 2.86. The van der Waals surface area contributed by atoms with E-state index in [9.17, 15) is 9.59 Å². The zero-order valence-electron chi connectivity index (χ0n) is 18.8. The molecule has 2 N–H and O–H groups in total. The van der Waals surface area contributed by atoms with Crippen molar-refractivity contribution in [2.45, 2.75) is 6.42 Å². The van der Waals surface area contributed by atoms with Gasteiger partial charge in [-0.2, -0.15) is 0 Å². The van der Waals surface area contributed by atoms with Gasteiger partial charge < -0.3 is 20.4 Å². The number of thiocarbonyl (C=S) groups is 1. The van der Waals surface area contributed by atoms with Gasteiger partial charge in [-0.1, -0.05) is 35.3 Å². The van der Waals surface area contributed by atoms with Gasteiger partial charge in [-0.3, -0.25) is 9.59 Å². The largest absolute Gasteiger partial charge is 0.368 e. The lowest BCUT2D eigenvalue weighted by Crippen LogP contribution is -2.48. The maximum Gasteiger partial charge on any atom is 0.253 e. The summed E-state index contributed by atoms with van der Waals surface area (Å²) in [5.41, 5.74) is 3.34. The third-order valence-corrected chi connectivity index (χ3v) is 6.39. The van der Waals surface area contributed by atoms with Crippen LogP contribution in [0.4, 0.5) is 11.4 Å². The summed E-state index contributed by atoms with van der Waals surface area (Å²) in [5.74, 6) is -0.181. The lowest BCUT2D eigenvalue weighted by Gasteiger charge is -2.36. The number of hydrogen-bond acceptors (Lipinski definition) is 4. The van der Waals surface area contributed by atoms with Crippen LogP contribution < -0.4 is 15.5 Å². The van der Waals surface area contributed by atoms with E-state index in [0.717, 1.165) is 30.0 Å². The highest BCUT2D eigenvalue weighted by Gasteiger charge is 2.22. The monoisotopic (exact) mass is 526 g/mol. The highest BCUT2D eigenvalue weighted by Crippen LogP contribution is 2.21. The van der Waals surface area contributed by atoms with Crippen molar-refractivity contribution < 1.29 is 9.59 Å². The maximum absolute atomic E-state index is 12.7. The van der Waals surface area contributed by atoms with Crippen LogP contribution in [-0.4, -0.2) is 48.0 Å². The molecule has 0 spiro atoms. The molecule has 6 nitrogen and oxygen atoms in total. The first-order chi connectivity index (χ1) is 16.9. The van der Waals surface area contributed by atoms with Crippen molar-refractivity contribution in [3.63, 3.8) is 0 Å². The van der Waals surface area contributed by atoms with Crippen LogP contribution in [0.2, 0.25) is 10.0 Å². The standard InChI is InChI=1S/C26H24Cl2N4O2S/c27-20-5-1-18(2-6-20)17-24(33)30-26(35)29-22-9-11-23(12-10-22)31-13-15-32(16-14-31)25(34)19-3-7-21(28)8-4-19/h1-12H,13-17H2,(H2,29,30,33,35). The molecule has 0 aromatic heterocycles. The first-order valence-corrected chi connectivity index (χ1v) is 12.3. The summed E-state index contributed by atoms with van der Waals surface area (Å²) in [5, 5.41) is 7.22. The van der Waals surface area contributed by atoms with E-state index in [2.05, 4.69) is 15.5 Å². The Labute approximate surface area is 219 Å². The zero-order valence-corrected chi connectivity index (χ0v) is 21.2. The van der Waals surface area contributed by atoms with E-state index >= 15 is 0 Å². The highest BCUT2D eigenvalue weighted by atomic mass is 35.5. The number of benzene rings is 3. The second kappa shape index (κ2) is 11.5. The van der Waals surface area contributed by atoms with Gasteiger partial charge in [0.2, 0.25) is 5.91 Å². The van der Waals surface area contributed by atoms with Crippen LogP contribution in [0.25, 0.3) is 0 Å². The van der Waals surface area contributed by atoms with E-state index in [1.54, 1.807) is 36.4 Å². The molecule has 1 heterocycles. The third kappa shape index (κ3) is 6.94. The van der Waals surface area contributed by atoms with Crippen molar-refractivity contribution >= 4 is 63.7 Å². The Kier molecular flexibility index (Phi) is 8.23. The third-order valence-electron chi connectivity index (χ3n) is 5.68. The molecular weight excluding hydrogens is 503 g/mol. The van der Waals surface area contributed by atoms with Crippen molar-refractivity contribution in [2.75, 3.05) is 36.4 Å². The molecule has 3 aromatic carbocycles. The fourth-order valence-corrected chi connectivity index (χ4v) is 4.30. The van der Waals surface area contributed by atoms with Crippen LogP contribution in [0, 0.1) is 0 Å². The van der Waals surface area contributed by atoms with E-state index in [1.807, 2.05) is 41.3 Å². The molecule has 0 saturated carbocycles. The van der Waals surface area contributed by atoms with Crippen molar-refractivity contribution in [3.8, 4) is 0 Å². The number of carbonyl (C=O) groups excluding carboxylic acids is 2. The van der Waals surface area contributed by atoms with Gasteiger partial charge in [0.05, 0.1) is 6.42 Å². The normalized spacial score (nSPS) is 13.3. The molecule has 2 amide bonds. The van der Waals surface area contributed by atoms with Gasteiger partial charge in [-0.15, -0.1) is 0 Å². The number of nitrogens with one attached hydrogen (secondary N) is 2. The van der Waals surface area contributed by atoms with E-state index < -0.39 is 0 Å². The molecule has 9 heteroatoms. The summed E-state index contributed by atoms with van der Waals surface area (Å²) in [6, 6.07) is 21.9. The molecule has 0 unspecified atom stereocenters. The lowest BCUT2D eigenvalue weighted by molar-refractivity contribution is -0.119. The Morgan fingerprint density at radius 3 is 1.97 bits per heavy atom. The van der Waals surface area contributed by atoms with Gasteiger partial charge in [0, 0.05) is 53.2 Å². The Hall–Kier alpha value is -3.13. The molecule has 1 saturated heterocycles. The fraction of sp³-hybridized carbons (Fsp3) is 0.192. The second-order valence-electron chi connectivity index (χ2n) is 8.14. The SMILES string of the molecule is O=C(Cc1ccc(Cl)cc1)NC(=S)Nc1ccc(N2CCN(C(=O)c3ccc(Cl)cc3)CC2)cc1. The second-order valence-corrected chi connectivity index (χ2v) is 9.42. The summed E-state index contributed by atoms with van der Waals surface area (Å²) in [6.07, 6.45) is 0.213. The quantitative estimate of drug-likeness (QED) is 0.457. The van der Waals surface area contributed by atoms with Crippen LogP contribution in [-0.2, 0) is 11.2 Å². The number of hydrogen-bond donors (Lipinski definition) is 2. The number of rotatable bonds is 5. The van der Waals surface area contributed by atoms with Gasteiger partial charge in [0.1, 0.15) is 0 Å². The summed E-state index contributed by atoms with van der Waals surface area (Å²) < 4.78 is 0. The van der Waals surface area contributed by atoms with Crippen LogP contribution in [0.15, 0.2) is 72.8 Å². The van der Waals surface area contributed by atoms with E-state index in [1.165, 1.54) is 0 Å². The minimum Gasteiger partial charge on any atom is -0.368 e. The number of piperazine rings is 1. The van der Waals surface area contributed by atoms with Crippen LogP contribution in [0.5, 0.6) is 0 Å². The van der Waals surface area contributed by atoms with Crippen LogP contribution >= 0.6 is 35.4 Å². The first-order valence-electron chi connectivity index (χ1n) is 11.1. The predicted octanol–water partition coefficient (Wildman–Crippen LogP) is 5.01. The minimum atomic E-state index is -0.201. The maximum atomic E-state index is 12.7. The smallest absolute Gasteiger partial charge is 0.253 e. The molecule has 0 bridgehead atoms. The van der Waals surface area contributed by atoms with Crippen molar-refractivity contribution in [1.29, 1.82) is 0 Å². The molecular formula is C26H24Cl2N4O2S. The van der Waals surface area contributed by atoms with Crippen molar-refractivity contribution in [1.82, 2.24) is 10.2 Å². The summed E-state index contributed by atoms with van der Waals surface area (Å²) in [4.78, 5) is 29.0. The highest BCUT2D eigenvalue weighted by molar-refractivity contribution is 7.80. The van der Waals surface area contributed by atoms with Gasteiger partial charge >= 0.3 is 0 Å². The van der Waals surface area contributed by atoms with E-state index in [0.29, 0.717) is 28.7 Å². The van der Waals surface area contributed by atoms with E-state index in [4.69, 9.17) is 35.4 Å². The fourth-order valence-electron chi connectivity index (χ4n) is 3.82. The molecule has 0 aliphatic carbocycles. The molecule has 3 aromatic rings. The van der Waals surface area contributed by atoms with Gasteiger partial charge in [-0.05, 0) is 78.4 Å². The Balaban J connectivity index is 1.24. The molecule has 0 radical (unpaired) electrons. The number of carbonyl (C=O) groups is 2.